The molecule has 2 heterocycles. The van der Waals surface area contributed by atoms with Gasteiger partial charge in [0.05, 0.1) is 0 Å². The van der Waals surface area contributed by atoms with E-state index >= 15 is 0 Å². The van der Waals surface area contributed by atoms with Gasteiger partial charge in [0.2, 0.25) is 0 Å². The maximum absolute atomic E-state index is 6.41. The van der Waals surface area contributed by atoms with Crippen LogP contribution in [0.3, 0.4) is 0 Å². The van der Waals surface area contributed by atoms with E-state index in [-0.39, 0.29) is 0 Å². The van der Waals surface area contributed by atoms with Crippen molar-refractivity contribution >= 4 is 17.3 Å². The second-order valence-electron chi connectivity index (χ2n) is 6.82. The number of nitrogen functional groups attached to an aromatic ring is 1. The zero-order valence-corrected chi connectivity index (χ0v) is 13.8. The fourth-order valence-corrected chi connectivity index (χ4v) is 2.94. The molecule has 0 spiro atoms. The molecule has 5 nitrogen and oxygen atoms in total. The van der Waals surface area contributed by atoms with Gasteiger partial charge in [-0.15, -0.1) is 0 Å². The Labute approximate surface area is 128 Å². The summed E-state index contributed by atoms with van der Waals surface area (Å²) in [6, 6.07) is 0. The summed E-state index contributed by atoms with van der Waals surface area (Å²) in [6.07, 6.45) is 4.11. The lowest BCUT2D eigenvalue weighted by Crippen LogP contribution is -2.33. The third-order valence-electron chi connectivity index (χ3n) is 3.72. The molecule has 1 fully saturated rings. The second kappa shape index (κ2) is 6.96. The van der Waals surface area contributed by atoms with Crippen LogP contribution in [0, 0.1) is 11.8 Å². The Hall–Kier alpha value is -1.52. The average molecular weight is 291 g/mol. The highest BCUT2D eigenvalue weighted by atomic mass is 15.3. The first-order valence-corrected chi connectivity index (χ1v) is 8.09. The number of anilines is 3. The molecule has 2 N–H and O–H groups in total. The fourth-order valence-electron chi connectivity index (χ4n) is 2.94. The third kappa shape index (κ3) is 3.99. The molecule has 2 rings (SSSR count). The van der Waals surface area contributed by atoms with Gasteiger partial charge in [-0.2, -0.15) is 0 Å². The normalized spacial score (nSPS) is 15.2. The van der Waals surface area contributed by atoms with E-state index in [1.54, 1.807) is 6.33 Å². The van der Waals surface area contributed by atoms with E-state index < -0.39 is 0 Å². The van der Waals surface area contributed by atoms with Crippen LogP contribution >= 0.6 is 0 Å². The van der Waals surface area contributed by atoms with Gasteiger partial charge in [-0.1, -0.05) is 27.7 Å². The molecule has 118 valence electrons. The van der Waals surface area contributed by atoms with Gasteiger partial charge in [-0.05, 0) is 24.7 Å². The van der Waals surface area contributed by atoms with Crippen LogP contribution in [0.2, 0.25) is 0 Å². The zero-order chi connectivity index (χ0) is 15.4. The quantitative estimate of drug-likeness (QED) is 0.873. The molecule has 21 heavy (non-hydrogen) atoms. The first-order chi connectivity index (χ1) is 9.99. The average Bonchev–Trinajstić information content (AvgIpc) is 2.90. The van der Waals surface area contributed by atoms with Gasteiger partial charge in [-0.25, -0.2) is 9.97 Å². The molecule has 0 radical (unpaired) electrons. The summed E-state index contributed by atoms with van der Waals surface area (Å²) in [5, 5.41) is 0. The van der Waals surface area contributed by atoms with Crippen LogP contribution in [-0.4, -0.2) is 36.1 Å². The standard InChI is InChI=1S/C16H29N5/c1-12(2)9-21(10-13(3)4)16-14(17)15(18-11-19-16)20-7-5-6-8-20/h11-13H,5-10,17H2,1-4H3. The van der Waals surface area contributed by atoms with Crippen molar-refractivity contribution in [2.75, 3.05) is 41.7 Å². The van der Waals surface area contributed by atoms with Crippen LogP contribution in [0.5, 0.6) is 0 Å². The molecule has 1 saturated heterocycles. The van der Waals surface area contributed by atoms with Crippen molar-refractivity contribution in [2.45, 2.75) is 40.5 Å². The summed E-state index contributed by atoms with van der Waals surface area (Å²) in [7, 11) is 0. The van der Waals surface area contributed by atoms with E-state index in [0.717, 1.165) is 43.5 Å². The lowest BCUT2D eigenvalue weighted by atomic mass is 10.1. The number of hydrogen-bond acceptors (Lipinski definition) is 5. The molecule has 0 aromatic carbocycles. The van der Waals surface area contributed by atoms with Gasteiger partial charge in [-0.3, -0.25) is 0 Å². The first kappa shape index (κ1) is 15.9. The highest BCUT2D eigenvalue weighted by Crippen LogP contribution is 2.31. The van der Waals surface area contributed by atoms with E-state index in [0.29, 0.717) is 11.8 Å². The Morgan fingerprint density at radius 2 is 1.67 bits per heavy atom. The van der Waals surface area contributed by atoms with Crippen LogP contribution in [0.1, 0.15) is 40.5 Å². The van der Waals surface area contributed by atoms with Crippen molar-refractivity contribution in [2.24, 2.45) is 11.8 Å². The van der Waals surface area contributed by atoms with Crippen molar-refractivity contribution in [3.63, 3.8) is 0 Å². The molecule has 0 unspecified atom stereocenters. The highest BCUT2D eigenvalue weighted by molar-refractivity contribution is 5.75. The third-order valence-corrected chi connectivity index (χ3v) is 3.72. The van der Waals surface area contributed by atoms with Crippen molar-refractivity contribution in [3.8, 4) is 0 Å². The molecule has 0 saturated carbocycles. The van der Waals surface area contributed by atoms with Gasteiger partial charge >= 0.3 is 0 Å². The van der Waals surface area contributed by atoms with Crippen LogP contribution in [0.15, 0.2) is 6.33 Å². The molecule has 1 aliphatic rings. The minimum absolute atomic E-state index is 0.577. The van der Waals surface area contributed by atoms with E-state index in [4.69, 9.17) is 5.73 Å². The molecule has 0 atom stereocenters. The molecule has 5 heteroatoms. The summed E-state index contributed by atoms with van der Waals surface area (Å²) in [5.74, 6) is 2.96. The minimum Gasteiger partial charge on any atom is -0.393 e. The van der Waals surface area contributed by atoms with Crippen molar-refractivity contribution in [3.05, 3.63) is 6.33 Å². The topological polar surface area (TPSA) is 58.3 Å². The maximum Gasteiger partial charge on any atom is 0.157 e. The zero-order valence-electron chi connectivity index (χ0n) is 13.8. The Kier molecular flexibility index (Phi) is 5.26. The molecular weight excluding hydrogens is 262 g/mol. The maximum atomic E-state index is 6.41. The molecule has 0 amide bonds. The molecular formula is C16H29N5. The number of hydrogen-bond donors (Lipinski definition) is 1. The summed E-state index contributed by atoms with van der Waals surface area (Å²) < 4.78 is 0. The molecule has 1 aromatic rings. The number of nitrogens with two attached hydrogens (primary N) is 1. The molecule has 0 bridgehead atoms. The smallest absolute Gasteiger partial charge is 0.157 e. The Balaban J connectivity index is 2.28. The largest absolute Gasteiger partial charge is 0.393 e. The first-order valence-electron chi connectivity index (χ1n) is 8.09. The Bertz CT molecular complexity index is 442. The SMILES string of the molecule is CC(C)CN(CC(C)C)c1ncnc(N2CCCC2)c1N. The van der Waals surface area contributed by atoms with Gasteiger partial charge in [0, 0.05) is 26.2 Å². The number of nitrogens with zero attached hydrogens (tertiary/aromatic N) is 4. The van der Waals surface area contributed by atoms with Crippen molar-refractivity contribution in [1.82, 2.24) is 9.97 Å². The predicted molar refractivity (Wildman–Crippen MR) is 89.8 cm³/mol. The Morgan fingerprint density at radius 3 is 2.19 bits per heavy atom. The predicted octanol–water partition coefficient (Wildman–Crippen LogP) is 2.78. The minimum atomic E-state index is 0.577. The summed E-state index contributed by atoms with van der Waals surface area (Å²) in [6.45, 7) is 13.0. The van der Waals surface area contributed by atoms with Crippen LogP contribution in [-0.2, 0) is 0 Å². The molecule has 0 aliphatic carbocycles. The van der Waals surface area contributed by atoms with E-state index in [1.807, 2.05) is 0 Å². The fraction of sp³-hybridized carbons (Fsp3) is 0.750. The van der Waals surface area contributed by atoms with Crippen LogP contribution < -0.4 is 15.5 Å². The van der Waals surface area contributed by atoms with Crippen LogP contribution in [0.25, 0.3) is 0 Å². The monoisotopic (exact) mass is 291 g/mol. The lowest BCUT2D eigenvalue weighted by Gasteiger charge is -2.29. The van der Waals surface area contributed by atoms with Crippen molar-refractivity contribution in [1.29, 1.82) is 0 Å². The van der Waals surface area contributed by atoms with Gasteiger partial charge in [0.1, 0.15) is 12.0 Å². The van der Waals surface area contributed by atoms with E-state index in [2.05, 4.69) is 47.5 Å². The molecule has 1 aliphatic heterocycles. The summed E-state index contributed by atoms with van der Waals surface area (Å²) in [5.41, 5.74) is 7.14. The van der Waals surface area contributed by atoms with Gasteiger partial charge < -0.3 is 15.5 Å². The second-order valence-corrected chi connectivity index (χ2v) is 6.82. The summed E-state index contributed by atoms with van der Waals surface area (Å²) >= 11 is 0. The van der Waals surface area contributed by atoms with Crippen molar-refractivity contribution < 1.29 is 0 Å². The highest BCUT2D eigenvalue weighted by Gasteiger charge is 2.22. The molecule has 1 aromatic heterocycles. The van der Waals surface area contributed by atoms with Gasteiger partial charge in [0.15, 0.2) is 11.6 Å². The van der Waals surface area contributed by atoms with Gasteiger partial charge in [0.25, 0.3) is 0 Å². The van der Waals surface area contributed by atoms with E-state index in [9.17, 15) is 0 Å². The Morgan fingerprint density at radius 1 is 1.10 bits per heavy atom. The number of aromatic nitrogens is 2. The van der Waals surface area contributed by atoms with Crippen LogP contribution in [0.4, 0.5) is 17.3 Å². The van der Waals surface area contributed by atoms with E-state index in [1.165, 1.54) is 12.8 Å². The lowest BCUT2D eigenvalue weighted by molar-refractivity contribution is 0.549. The number of rotatable bonds is 6. The summed E-state index contributed by atoms with van der Waals surface area (Å²) in [4.78, 5) is 13.5.